The molecule has 0 amide bonds. The Kier molecular flexibility index (Phi) is 6.97. The summed E-state index contributed by atoms with van der Waals surface area (Å²) < 4.78 is 43.9. The second-order valence-corrected chi connectivity index (χ2v) is 12.2. The average Bonchev–Trinajstić information content (AvgIpc) is 3.30. The van der Waals surface area contributed by atoms with Crippen LogP contribution < -0.4 is 14.9 Å². The summed E-state index contributed by atoms with van der Waals surface area (Å²) in [7, 11) is -1.35. The van der Waals surface area contributed by atoms with E-state index in [4.69, 9.17) is 4.98 Å². The van der Waals surface area contributed by atoms with Crippen molar-refractivity contribution in [3.63, 3.8) is 0 Å². The van der Waals surface area contributed by atoms with Crippen LogP contribution >= 0.6 is 0 Å². The topological polar surface area (TPSA) is 95.4 Å². The highest BCUT2D eigenvalue weighted by Crippen LogP contribution is 2.29. The fourth-order valence-corrected chi connectivity index (χ4v) is 5.07. The Bertz CT molecular complexity index is 1560. The van der Waals surface area contributed by atoms with Gasteiger partial charge in [0.05, 0.1) is 10.9 Å². The van der Waals surface area contributed by atoms with Gasteiger partial charge in [0.1, 0.15) is 11.5 Å². The molecule has 38 heavy (non-hydrogen) atoms. The molecule has 5 rings (SSSR count). The fraction of sp³-hybridized carbons (Fsp3) is 0.333. The lowest BCUT2D eigenvalue weighted by atomic mass is 10.1. The van der Waals surface area contributed by atoms with Crippen molar-refractivity contribution < 1.29 is 12.8 Å². The number of aromatic nitrogens is 3. The number of hydrogen-bond donors (Lipinski definition) is 2. The molecule has 2 aromatic heterocycles. The Balaban J connectivity index is 1.38. The molecule has 0 aliphatic carbocycles. The predicted octanol–water partition coefficient (Wildman–Crippen LogP) is 4.51. The van der Waals surface area contributed by atoms with Crippen LogP contribution in [0.2, 0.25) is 0 Å². The van der Waals surface area contributed by atoms with Crippen LogP contribution in [0.25, 0.3) is 16.7 Å². The van der Waals surface area contributed by atoms with Gasteiger partial charge < -0.3 is 19.7 Å². The lowest BCUT2D eigenvalue weighted by Gasteiger charge is -2.34. The summed E-state index contributed by atoms with van der Waals surface area (Å²) in [6, 6.07) is 12.4. The monoisotopic (exact) mass is 537 g/mol. The standard InChI is InChI=1S/C27H32FN7O2S/c1-18(2)38(36,37)32-21-5-7-22(8-6-21)35-10-9-20-17-29-27(31-26(20)35)30-24-16-23(28)25(15-19(24)3)34-13-11-33(4)12-14-34/h5-10,15-18,32H,11-14H2,1-4H3,(H,29,30,31). The van der Waals surface area contributed by atoms with E-state index in [0.717, 1.165) is 42.8 Å². The number of halogens is 1. The maximum atomic E-state index is 15.1. The molecule has 1 fully saturated rings. The molecule has 9 nitrogen and oxygen atoms in total. The van der Waals surface area contributed by atoms with E-state index >= 15 is 4.39 Å². The largest absolute Gasteiger partial charge is 0.367 e. The number of nitrogens with one attached hydrogen (secondary N) is 2. The van der Waals surface area contributed by atoms with Gasteiger partial charge in [-0.1, -0.05) is 0 Å². The van der Waals surface area contributed by atoms with Crippen molar-refractivity contribution in [1.29, 1.82) is 0 Å². The highest BCUT2D eigenvalue weighted by Gasteiger charge is 2.19. The molecule has 0 atom stereocenters. The summed E-state index contributed by atoms with van der Waals surface area (Å²) in [5.74, 6) is 0.0777. The van der Waals surface area contributed by atoms with Crippen molar-refractivity contribution in [2.75, 3.05) is 48.2 Å². The van der Waals surface area contributed by atoms with Crippen molar-refractivity contribution in [1.82, 2.24) is 19.4 Å². The van der Waals surface area contributed by atoms with Crippen molar-refractivity contribution >= 4 is 44.1 Å². The van der Waals surface area contributed by atoms with Gasteiger partial charge in [-0.05, 0) is 75.8 Å². The van der Waals surface area contributed by atoms with Crippen LogP contribution in [0.3, 0.4) is 0 Å². The van der Waals surface area contributed by atoms with E-state index in [1.54, 1.807) is 32.2 Å². The SMILES string of the molecule is Cc1cc(N2CCN(C)CC2)c(F)cc1Nc1ncc2ccn(-c3ccc(NS(=O)(=O)C(C)C)cc3)c2n1. The molecule has 4 aromatic rings. The van der Waals surface area contributed by atoms with Crippen molar-refractivity contribution in [2.45, 2.75) is 26.0 Å². The number of nitrogens with zero attached hydrogens (tertiary/aromatic N) is 5. The van der Waals surface area contributed by atoms with E-state index in [2.05, 4.69) is 31.9 Å². The van der Waals surface area contributed by atoms with Gasteiger partial charge in [-0.15, -0.1) is 0 Å². The molecule has 0 spiro atoms. The highest BCUT2D eigenvalue weighted by atomic mass is 32.2. The maximum Gasteiger partial charge on any atom is 0.235 e. The number of hydrogen-bond acceptors (Lipinski definition) is 7. The molecule has 2 N–H and O–H groups in total. The predicted molar refractivity (Wildman–Crippen MR) is 151 cm³/mol. The summed E-state index contributed by atoms with van der Waals surface area (Å²) in [6.07, 6.45) is 3.60. The zero-order valence-corrected chi connectivity index (χ0v) is 22.8. The summed E-state index contributed by atoms with van der Waals surface area (Å²) in [6.45, 7) is 8.60. The summed E-state index contributed by atoms with van der Waals surface area (Å²) >= 11 is 0. The number of benzene rings is 2. The van der Waals surface area contributed by atoms with Crippen LogP contribution in [0.15, 0.2) is 54.9 Å². The average molecular weight is 538 g/mol. The van der Waals surface area contributed by atoms with Crippen LogP contribution in [0, 0.1) is 12.7 Å². The quantitative estimate of drug-likeness (QED) is 0.358. The van der Waals surface area contributed by atoms with Gasteiger partial charge in [0.25, 0.3) is 0 Å². The number of aryl methyl sites for hydroxylation is 1. The van der Waals surface area contributed by atoms with Gasteiger partial charge in [0, 0.05) is 61.0 Å². The molecule has 1 saturated heterocycles. The van der Waals surface area contributed by atoms with E-state index in [0.29, 0.717) is 28.7 Å². The number of fused-ring (bicyclic) bond motifs is 1. The van der Waals surface area contributed by atoms with Gasteiger partial charge in [0.15, 0.2) is 0 Å². The molecule has 0 radical (unpaired) electrons. The highest BCUT2D eigenvalue weighted by molar-refractivity contribution is 7.93. The molecule has 0 unspecified atom stereocenters. The first kappa shape index (κ1) is 25.9. The van der Waals surface area contributed by atoms with Crippen LogP contribution in [0.5, 0.6) is 0 Å². The normalized spacial score (nSPS) is 14.8. The van der Waals surface area contributed by atoms with E-state index in [9.17, 15) is 8.42 Å². The van der Waals surface area contributed by atoms with E-state index < -0.39 is 15.3 Å². The van der Waals surface area contributed by atoms with Crippen LogP contribution in [0.4, 0.5) is 27.4 Å². The number of likely N-dealkylation sites (N-methyl/N-ethyl adjacent to an activating group) is 1. The lowest BCUT2D eigenvalue weighted by Crippen LogP contribution is -2.44. The third-order valence-corrected chi connectivity index (χ3v) is 8.60. The van der Waals surface area contributed by atoms with E-state index in [1.165, 1.54) is 6.07 Å². The molecule has 2 aromatic carbocycles. The van der Waals surface area contributed by atoms with Crippen molar-refractivity contribution in [3.05, 3.63) is 66.2 Å². The van der Waals surface area contributed by atoms with Crippen LogP contribution in [-0.2, 0) is 10.0 Å². The number of anilines is 4. The third-order valence-electron chi connectivity index (χ3n) is 6.84. The summed E-state index contributed by atoms with van der Waals surface area (Å²) in [5.41, 5.74) is 4.11. The summed E-state index contributed by atoms with van der Waals surface area (Å²) in [4.78, 5) is 13.4. The number of piperazine rings is 1. The number of rotatable bonds is 7. The Labute approximate surface area is 222 Å². The van der Waals surface area contributed by atoms with Crippen molar-refractivity contribution in [3.8, 4) is 5.69 Å². The Morgan fingerprint density at radius 2 is 1.74 bits per heavy atom. The molecule has 1 aliphatic rings. The first-order valence-electron chi connectivity index (χ1n) is 12.6. The molecule has 3 heterocycles. The van der Waals surface area contributed by atoms with Gasteiger partial charge in [0.2, 0.25) is 16.0 Å². The molecular weight excluding hydrogens is 505 g/mol. The van der Waals surface area contributed by atoms with Gasteiger partial charge in [-0.25, -0.2) is 17.8 Å². The van der Waals surface area contributed by atoms with Crippen LogP contribution in [0.1, 0.15) is 19.4 Å². The minimum Gasteiger partial charge on any atom is -0.367 e. The maximum absolute atomic E-state index is 15.1. The van der Waals surface area contributed by atoms with Crippen LogP contribution in [-0.4, -0.2) is 66.3 Å². The smallest absolute Gasteiger partial charge is 0.235 e. The van der Waals surface area contributed by atoms with Gasteiger partial charge >= 0.3 is 0 Å². The Morgan fingerprint density at radius 1 is 1.03 bits per heavy atom. The number of sulfonamides is 1. The second kappa shape index (κ2) is 10.2. The Morgan fingerprint density at radius 3 is 2.42 bits per heavy atom. The zero-order chi connectivity index (χ0) is 27.0. The Hall–Kier alpha value is -3.70. The molecule has 0 saturated carbocycles. The third kappa shape index (κ3) is 5.30. The van der Waals surface area contributed by atoms with Gasteiger partial charge in [-0.2, -0.15) is 4.98 Å². The first-order chi connectivity index (χ1) is 18.1. The van der Waals surface area contributed by atoms with Gasteiger partial charge in [-0.3, -0.25) is 4.72 Å². The molecular formula is C27H32FN7O2S. The van der Waals surface area contributed by atoms with E-state index in [-0.39, 0.29) is 5.82 Å². The molecule has 0 bridgehead atoms. The minimum atomic E-state index is -3.42. The fourth-order valence-electron chi connectivity index (χ4n) is 4.37. The van der Waals surface area contributed by atoms with E-state index in [1.807, 2.05) is 42.0 Å². The second-order valence-electron chi connectivity index (χ2n) is 9.93. The molecule has 11 heteroatoms. The minimum absolute atomic E-state index is 0.278. The first-order valence-corrected chi connectivity index (χ1v) is 14.1. The lowest BCUT2D eigenvalue weighted by molar-refractivity contribution is 0.311. The molecule has 200 valence electrons. The molecule has 1 aliphatic heterocycles. The van der Waals surface area contributed by atoms with Crippen molar-refractivity contribution in [2.24, 2.45) is 0 Å². The summed E-state index contributed by atoms with van der Waals surface area (Å²) in [5, 5.41) is 3.49. The zero-order valence-electron chi connectivity index (χ0n) is 21.9.